The van der Waals surface area contributed by atoms with E-state index >= 15 is 0 Å². The van der Waals surface area contributed by atoms with Gasteiger partial charge in [0, 0.05) is 39.1 Å². The lowest BCUT2D eigenvalue weighted by atomic mass is 9.99. The maximum absolute atomic E-state index is 12.1. The first-order valence-corrected chi connectivity index (χ1v) is 6.70. The van der Waals surface area contributed by atoms with E-state index in [-0.39, 0.29) is 5.91 Å². The van der Waals surface area contributed by atoms with Gasteiger partial charge < -0.3 is 15.1 Å². The molecule has 20 heavy (non-hydrogen) atoms. The predicted molar refractivity (Wildman–Crippen MR) is 85.0 cm³/mol. The van der Waals surface area contributed by atoms with Crippen LogP contribution in [-0.2, 0) is 4.79 Å². The van der Waals surface area contributed by atoms with Crippen molar-refractivity contribution in [1.29, 1.82) is 0 Å². The van der Waals surface area contributed by atoms with E-state index in [9.17, 15) is 4.79 Å². The molecule has 106 valence electrons. The Morgan fingerprint density at radius 2 is 2.10 bits per heavy atom. The van der Waals surface area contributed by atoms with Crippen molar-refractivity contribution in [2.45, 2.75) is 6.92 Å². The Morgan fingerprint density at radius 1 is 1.40 bits per heavy atom. The topological polar surface area (TPSA) is 35.6 Å². The van der Waals surface area contributed by atoms with Crippen molar-refractivity contribution < 1.29 is 4.79 Å². The Kier molecular flexibility index (Phi) is 3.84. The first-order valence-electron chi connectivity index (χ1n) is 6.70. The van der Waals surface area contributed by atoms with Gasteiger partial charge in [-0.2, -0.15) is 0 Å². The molecule has 0 fully saturated rings. The molecule has 0 spiro atoms. The maximum atomic E-state index is 12.1. The molecular weight excluding hydrogens is 250 g/mol. The van der Waals surface area contributed by atoms with E-state index in [1.165, 1.54) is 0 Å². The van der Waals surface area contributed by atoms with Crippen LogP contribution in [0.25, 0.3) is 6.08 Å². The predicted octanol–water partition coefficient (Wildman–Crippen LogP) is 2.24. The van der Waals surface area contributed by atoms with Crippen LogP contribution in [0.5, 0.6) is 0 Å². The number of carbonyl (C=O) groups excluding carboxylic acids is 1. The summed E-state index contributed by atoms with van der Waals surface area (Å²) >= 11 is 0. The molecule has 4 nitrogen and oxygen atoms in total. The number of likely N-dealkylation sites (N-methyl/N-ethyl adjacent to an activating group) is 2. The number of hydrogen-bond donors (Lipinski definition) is 1. The lowest BCUT2D eigenvalue weighted by molar-refractivity contribution is -0.117. The number of amides is 1. The van der Waals surface area contributed by atoms with Crippen molar-refractivity contribution in [1.82, 2.24) is 5.32 Å². The number of nitrogens with zero attached hydrogens (tertiary/aromatic N) is 2. The minimum atomic E-state index is -0.0771. The normalized spacial score (nSPS) is 13.7. The average molecular weight is 271 g/mol. The second-order valence-electron chi connectivity index (χ2n) is 5.06. The molecular formula is C16H21N3O. The fourth-order valence-corrected chi connectivity index (χ4v) is 2.24. The van der Waals surface area contributed by atoms with E-state index < -0.39 is 0 Å². The highest BCUT2D eigenvalue weighted by molar-refractivity contribution is 6.05. The van der Waals surface area contributed by atoms with Crippen LogP contribution >= 0.6 is 0 Å². The van der Waals surface area contributed by atoms with Gasteiger partial charge in [-0.3, -0.25) is 4.79 Å². The minimum absolute atomic E-state index is 0.0771. The van der Waals surface area contributed by atoms with Crippen molar-refractivity contribution in [2.24, 2.45) is 0 Å². The SMILES string of the molecule is C=C1C(C(=O)NCC)=Cc2ccc(N(C)C)cc2N1C. The molecule has 2 rings (SSSR count). The molecule has 1 N–H and O–H groups in total. The second kappa shape index (κ2) is 5.41. The molecule has 4 heteroatoms. The Hall–Kier alpha value is -2.23. The summed E-state index contributed by atoms with van der Waals surface area (Å²) in [6.07, 6.45) is 1.90. The lowest BCUT2D eigenvalue weighted by Gasteiger charge is -2.30. The van der Waals surface area contributed by atoms with Crippen LogP contribution in [0, 0.1) is 0 Å². The van der Waals surface area contributed by atoms with Crippen molar-refractivity contribution in [3.8, 4) is 0 Å². The molecule has 0 saturated carbocycles. The zero-order valence-electron chi connectivity index (χ0n) is 12.5. The number of nitrogens with one attached hydrogen (secondary N) is 1. The lowest BCUT2D eigenvalue weighted by Crippen LogP contribution is -2.31. The van der Waals surface area contributed by atoms with E-state index in [1.807, 2.05) is 51.2 Å². The molecule has 0 radical (unpaired) electrons. The van der Waals surface area contributed by atoms with Gasteiger partial charge in [0.15, 0.2) is 0 Å². The summed E-state index contributed by atoms with van der Waals surface area (Å²) in [5.41, 5.74) is 4.57. The van der Waals surface area contributed by atoms with Gasteiger partial charge in [0.1, 0.15) is 0 Å². The molecule has 1 amide bonds. The third-order valence-electron chi connectivity index (χ3n) is 3.49. The van der Waals surface area contributed by atoms with E-state index in [0.717, 1.165) is 22.6 Å². The highest BCUT2D eigenvalue weighted by atomic mass is 16.1. The summed E-state index contributed by atoms with van der Waals surface area (Å²) in [7, 11) is 5.96. The molecule has 0 aromatic heterocycles. The fraction of sp³-hybridized carbons (Fsp3) is 0.312. The van der Waals surface area contributed by atoms with Crippen LogP contribution in [0.3, 0.4) is 0 Å². The maximum Gasteiger partial charge on any atom is 0.253 e. The second-order valence-corrected chi connectivity index (χ2v) is 5.06. The third-order valence-corrected chi connectivity index (χ3v) is 3.49. The van der Waals surface area contributed by atoms with Crippen molar-refractivity contribution in [2.75, 3.05) is 37.5 Å². The Labute approximate surface area is 120 Å². The molecule has 1 aromatic carbocycles. The highest BCUT2D eigenvalue weighted by Crippen LogP contribution is 2.35. The first kappa shape index (κ1) is 14.2. The van der Waals surface area contributed by atoms with Crippen LogP contribution in [0.2, 0.25) is 0 Å². The zero-order valence-corrected chi connectivity index (χ0v) is 12.5. The number of fused-ring (bicyclic) bond motifs is 1. The van der Waals surface area contributed by atoms with Gasteiger partial charge in [-0.05, 0) is 30.7 Å². The molecule has 1 aliphatic heterocycles. The first-order chi connectivity index (χ1) is 9.45. The molecule has 0 bridgehead atoms. The molecule has 0 saturated heterocycles. The zero-order chi connectivity index (χ0) is 14.9. The molecule has 0 atom stereocenters. The molecule has 1 heterocycles. The molecule has 0 unspecified atom stereocenters. The monoisotopic (exact) mass is 271 g/mol. The summed E-state index contributed by atoms with van der Waals surface area (Å²) in [6, 6.07) is 6.19. The van der Waals surface area contributed by atoms with Gasteiger partial charge in [0.25, 0.3) is 5.91 Å². The summed E-state index contributed by atoms with van der Waals surface area (Å²) < 4.78 is 0. The summed E-state index contributed by atoms with van der Waals surface area (Å²) in [4.78, 5) is 16.1. The highest BCUT2D eigenvalue weighted by Gasteiger charge is 2.23. The quantitative estimate of drug-likeness (QED) is 0.915. The van der Waals surface area contributed by atoms with E-state index in [4.69, 9.17) is 0 Å². The van der Waals surface area contributed by atoms with Gasteiger partial charge in [0.2, 0.25) is 0 Å². The third kappa shape index (κ3) is 2.41. The van der Waals surface area contributed by atoms with Crippen LogP contribution in [0.1, 0.15) is 12.5 Å². The van der Waals surface area contributed by atoms with Crippen LogP contribution < -0.4 is 15.1 Å². The van der Waals surface area contributed by atoms with Crippen molar-refractivity contribution in [3.63, 3.8) is 0 Å². The number of rotatable bonds is 3. The fourth-order valence-electron chi connectivity index (χ4n) is 2.24. The largest absolute Gasteiger partial charge is 0.378 e. The van der Waals surface area contributed by atoms with E-state index in [2.05, 4.69) is 22.9 Å². The minimum Gasteiger partial charge on any atom is -0.378 e. The van der Waals surface area contributed by atoms with Gasteiger partial charge in [0.05, 0.1) is 11.3 Å². The van der Waals surface area contributed by atoms with Crippen molar-refractivity contribution >= 4 is 23.4 Å². The molecule has 0 aliphatic carbocycles. The number of hydrogen-bond acceptors (Lipinski definition) is 3. The van der Waals surface area contributed by atoms with E-state index in [0.29, 0.717) is 12.1 Å². The Morgan fingerprint density at radius 3 is 2.70 bits per heavy atom. The molecule has 1 aromatic rings. The standard InChI is InChI=1S/C16H21N3O/c1-6-17-16(20)14-9-12-7-8-13(18(3)4)10-15(12)19(5)11(14)2/h7-10H,2,6H2,1,3-5H3,(H,17,20). The van der Waals surface area contributed by atoms with Gasteiger partial charge in [-0.1, -0.05) is 12.6 Å². The number of carbonyl (C=O) groups is 1. The number of benzene rings is 1. The van der Waals surface area contributed by atoms with Gasteiger partial charge >= 0.3 is 0 Å². The van der Waals surface area contributed by atoms with Crippen LogP contribution in [0.15, 0.2) is 36.0 Å². The number of anilines is 2. The summed E-state index contributed by atoms with van der Waals surface area (Å²) in [5, 5.41) is 2.82. The van der Waals surface area contributed by atoms with Crippen molar-refractivity contribution in [3.05, 3.63) is 41.6 Å². The van der Waals surface area contributed by atoms with E-state index in [1.54, 1.807) is 0 Å². The summed E-state index contributed by atoms with van der Waals surface area (Å²) in [6.45, 7) is 6.56. The average Bonchev–Trinajstić information content (AvgIpc) is 2.42. The van der Waals surface area contributed by atoms with Crippen LogP contribution in [0.4, 0.5) is 11.4 Å². The van der Waals surface area contributed by atoms with Gasteiger partial charge in [-0.25, -0.2) is 0 Å². The Bertz CT molecular complexity index is 587. The smallest absolute Gasteiger partial charge is 0.253 e. The van der Waals surface area contributed by atoms with Gasteiger partial charge in [-0.15, -0.1) is 0 Å². The summed E-state index contributed by atoms with van der Waals surface area (Å²) in [5.74, 6) is -0.0771. The molecule has 1 aliphatic rings. The Balaban J connectivity index is 2.47. The van der Waals surface area contributed by atoms with Crippen LogP contribution in [-0.4, -0.2) is 33.6 Å².